The van der Waals surface area contributed by atoms with Crippen LogP contribution in [0.15, 0.2) is 30.3 Å². The van der Waals surface area contributed by atoms with Gasteiger partial charge in [0, 0.05) is 5.92 Å². The van der Waals surface area contributed by atoms with Crippen LogP contribution in [-0.4, -0.2) is 48.8 Å². The third kappa shape index (κ3) is 3.23. The minimum absolute atomic E-state index is 0.00475. The second-order valence-corrected chi connectivity index (χ2v) is 7.34. The van der Waals surface area contributed by atoms with Crippen molar-refractivity contribution in [2.75, 3.05) is 6.61 Å². The van der Waals surface area contributed by atoms with Crippen LogP contribution in [0.25, 0.3) is 0 Å². The molecule has 7 nitrogen and oxygen atoms in total. The number of carbonyl (C=O) groups excluding carboxylic acids is 1. The lowest BCUT2D eigenvalue weighted by molar-refractivity contribution is -0.139. The van der Waals surface area contributed by atoms with Gasteiger partial charge in [0.25, 0.3) is 0 Å². The maximum atomic E-state index is 13.1. The molecule has 0 bridgehead atoms. The number of benzene rings is 1. The van der Waals surface area contributed by atoms with Crippen LogP contribution in [0.4, 0.5) is 0 Å². The first-order valence-electron chi connectivity index (χ1n) is 9.51. The summed E-state index contributed by atoms with van der Waals surface area (Å²) in [6, 6.07) is 9.76. The predicted molar refractivity (Wildman–Crippen MR) is 95.0 cm³/mol. The average molecular weight is 355 g/mol. The van der Waals surface area contributed by atoms with Crippen molar-refractivity contribution in [1.29, 1.82) is 0 Å². The maximum absolute atomic E-state index is 13.1. The van der Waals surface area contributed by atoms with E-state index in [0.29, 0.717) is 6.54 Å². The van der Waals surface area contributed by atoms with Gasteiger partial charge in [-0.3, -0.25) is 4.79 Å². The number of hydrogen-bond donors (Lipinski definition) is 1. The zero-order chi connectivity index (χ0) is 17.9. The van der Waals surface area contributed by atoms with E-state index in [-0.39, 0.29) is 30.5 Å². The van der Waals surface area contributed by atoms with E-state index < -0.39 is 0 Å². The van der Waals surface area contributed by atoms with Crippen LogP contribution < -0.4 is 0 Å². The van der Waals surface area contributed by atoms with Crippen molar-refractivity contribution in [2.45, 2.75) is 57.2 Å². The number of aliphatic hydroxyl groups excluding tert-OH is 1. The Morgan fingerprint density at radius 3 is 2.62 bits per heavy atom. The first-order chi connectivity index (χ1) is 12.8. The van der Waals surface area contributed by atoms with Gasteiger partial charge >= 0.3 is 0 Å². The van der Waals surface area contributed by atoms with Gasteiger partial charge in [-0.2, -0.15) is 0 Å². The molecule has 138 valence electrons. The van der Waals surface area contributed by atoms with Gasteiger partial charge in [-0.15, -0.1) is 5.10 Å². The third-order valence-electron chi connectivity index (χ3n) is 5.70. The van der Waals surface area contributed by atoms with Crippen molar-refractivity contribution in [1.82, 2.24) is 25.1 Å². The van der Waals surface area contributed by atoms with E-state index in [0.717, 1.165) is 49.9 Å². The topological polar surface area (TPSA) is 84.1 Å². The molecular weight excluding hydrogens is 330 g/mol. The molecule has 2 aromatic rings. The quantitative estimate of drug-likeness (QED) is 0.886. The SMILES string of the molecule is O=C(C1CCCC1)N1[C@H](CO)CC[C@@H]1c1nnnn1Cc1ccccc1. The molecule has 1 aliphatic heterocycles. The molecule has 2 heterocycles. The van der Waals surface area contributed by atoms with Crippen LogP contribution in [0.2, 0.25) is 0 Å². The van der Waals surface area contributed by atoms with Crippen LogP contribution in [0, 0.1) is 5.92 Å². The van der Waals surface area contributed by atoms with E-state index in [1.165, 1.54) is 0 Å². The van der Waals surface area contributed by atoms with E-state index >= 15 is 0 Å². The van der Waals surface area contributed by atoms with Crippen molar-refractivity contribution in [3.8, 4) is 0 Å². The molecule has 2 fully saturated rings. The number of aromatic nitrogens is 4. The lowest BCUT2D eigenvalue weighted by atomic mass is 10.1. The van der Waals surface area contributed by atoms with E-state index in [4.69, 9.17) is 0 Å². The molecule has 7 heteroatoms. The second-order valence-electron chi connectivity index (χ2n) is 7.34. The largest absolute Gasteiger partial charge is 0.394 e. The lowest BCUT2D eigenvalue weighted by Crippen LogP contribution is -2.43. The van der Waals surface area contributed by atoms with Crippen molar-refractivity contribution in [2.24, 2.45) is 5.92 Å². The van der Waals surface area contributed by atoms with Gasteiger partial charge in [-0.05, 0) is 41.7 Å². The summed E-state index contributed by atoms with van der Waals surface area (Å²) in [4.78, 5) is 15.0. The molecule has 2 atom stereocenters. The number of amides is 1. The first kappa shape index (κ1) is 17.1. The molecule has 1 aromatic carbocycles. The first-order valence-corrected chi connectivity index (χ1v) is 9.51. The Bertz CT molecular complexity index is 741. The van der Waals surface area contributed by atoms with Gasteiger partial charge in [0.1, 0.15) is 0 Å². The average Bonchev–Trinajstić information content (AvgIpc) is 3.42. The fourth-order valence-corrected chi connectivity index (χ4v) is 4.35. The lowest BCUT2D eigenvalue weighted by Gasteiger charge is -2.31. The zero-order valence-corrected chi connectivity index (χ0v) is 14.9. The molecule has 2 aliphatic rings. The summed E-state index contributed by atoms with van der Waals surface area (Å²) in [5.74, 6) is 0.970. The number of aliphatic hydroxyl groups is 1. The molecule has 1 aromatic heterocycles. The Balaban J connectivity index is 1.59. The summed E-state index contributed by atoms with van der Waals surface area (Å²) in [5, 5.41) is 22.1. The molecule has 0 radical (unpaired) electrons. The highest BCUT2D eigenvalue weighted by molar-refractivity contribution is 5.80. The van der Waals surface area contributed by atoms with E-state index in [9.17, 15) is 9.90 Å². The van der Waals surface area contributed by atoms with Crippen molar-refractivity contribution in [3.05, 3.63) is 41.7 Å². The van der Waals surface area contributed by atoms with Gasteiger partial charge in [0.15, 0.2) is 5.82 Å². The molecule has 1 N–H and O–H groups in total. The summed E-state index contributed by atoms with van der Waals surface area (Å²) in [5.41, 5.74) is 1.12. The highest BCUT2D eigenvalue weighted by Crippen LogP contribution is 2.38. The standard InChI is InChI=1S/C19H25N5O2/c25-13-16-10-11-17(24(16)19(26)15-8-4-5-9-15)18-20-21-22-23(18)12-14-6-2-1-3-7-14/h1-3,6-7,15-17,25H,4-5,8-13H2/t16-,17+/m0/s1. The molecule has 4 rings (SSSR count). The van der Waals surface area contributed by atoms with Gasteiger partial charge in [0.2, 0.25) is 5.91 Å². The summed E-state index contributed by atoms with van der Waals surface area (Å²) < 4.78 is 1.79. The van der Waals surface area contributed by atoms with E-state index in [1.54, 1.807) is 4.68 Å². The van der Waals surface area contributed by atoms with Gasteiger partial charge in [0.05, 0.1) is 25.2 Å². The normalized spacial score (nSPS) is 23.7. The third-order valence-corrected chi connectivity index (χ3v) is 5.70. The fourth-order valence-electron chi connectivity index (χ4n) is 4.35. The second kappa shape index (κ2) is 7.53. The van der Waals surface area contributed by atoms with Crippen molar-refractivity contribution in [3.63, 3.8) is 0 Å². The molecule has 1 aliphatic carbocycles. The number of carbonyl (C=O) groups is 1. The molecule has 26 heavy (non-hydrogen) atoms. The van der Waals surface area contributed by atoms with Crippen LogP contribution >= 0.6 is 0 Å². The van der Waals surface area contributed by atoms with E-state index in [1.807, 2.05) is 35.2 Å². The van der Waals surface area contributed by atoms with E-state index in [2.05, 4.69) is 15.5 Å². The molecule has 1 saturated heterocycles. The Kier molecular flexibility index (Phi) is 4.97. The van der Waals surface area contributed by atoms with Crippen molar-refractivity contribution < 1.29 is 9.90 Å². The monoisotopic (exact) mass is 355 g/mol. The number of hydrogen-bond acceptors (Lipinski definition) is 5. The Labute approximate surface area is 153 Å². The summed E-state index contributed by atoms with van der Waals surface area (Å²) in [6.45, 7) is 0.574. The van der Waals surface area contributed by atoms with Gasteiger partial charge in [-0.25, -0.2) is 4.68 Å². The Hall–Kier alpha value is -2.28. The number of nitrogens with zero attached hydrogens (tertiary/aromatic N) is 5. The van der Waals surface area contributed by atoms with Crippen LogP contribution in [0.3, 0.4) is 0 Å². The minimum Gasteiger partial charge on any atom is -0.394 e. The van der Waals surface area contributed by atoms with Gasteiger partial charge < -0.3 is 10.0 Å². The fraction of sp³-hybridized carbons (Fsp3) is 0.579. The van der Waals surface area contributed by atoms with Gasteiger partial charge in [-0.1, -0.05) is 43.2 Å². The number of likely N-dealkylation sites (tertiary alicyclic amines) is 1. The van der Waals surface area contributed by atoms with Crippen LogP contribution in [0.5, 0.6) is 0 Å². The highest BCUT2D eigenvalue weighted by atomic mass is 16.3. The molecule has 1 saturated carbocycles. The summed E-state index contributed by atoms with van der Waals surface area (Å²) in [6.07, 6.45) is 5.72. The Morgan fingerprint density at radius 1 is 1.12 bits per heavy atom. The van der Waals surface area contributed by atoms with Crippen molar-refractivity contribution >= 4 is 5.91 Å². The zero-order valence-electron chi connectivity index (χ0n) is 14.9. The molecular formula is C19H25N5O2. The van der Waals surface area contributed by atoms with Crippen LogP contribution in [-0.2, 0) is 11.3 Å². The highest BCUT2D eigenvalue weighted by Gasteiger charge is 2.42. The van der Waals surface area contributed by atoms with Crippen LogP contribution in [0.1, 0.15) is 56.0 Å². The molecule has 1 amide bonds. The molecule has 0 unspecified atom stereocenters. The number of tetrazole rings is 1. The molecule has 0 spiro atoms. The number of rotatable bonds is 5. The summed E-state index contributed by atoms with van der Waals surface area (Å²) >= 11 is 0. The smallest absolute Gasteiger partial charge is 0.226 e. The Morgan fingerprint density at radius 2 is 1.88 bits per heavy atom. The maximum Gasteiger partial charge on any atom is 0.226 e. The summed E-state index contributed by atoms with van der Waals surface area (Å²) in [7, 11) is 0. The predicted octanol–water partition coefficient (Wildman–Crippen LogP) is 1.94. The minimum atomic E-state index is -0.154.